The molecule has 0 fully saturated rings. The molecule has 0 atom stereocenters. The minimum absolute atomic E-state index is 1.08. The van der Waals surface area contributed by atoms with Crippen LogP contribution in [0.1, 0.15) is 51.8 Å². The highest BCUT2D eigenvalue weighted by Crippen LogP contribution is 1.94. The van der Waals surface area contributed by atoms with E-state index >= 15 is 0 Å². The van der Waals surface area contributed by atoms with E-state index in [0.29, 0.717) is 0 Å². The molecule has 0 saturated carbocycles. The molecule has 0 spiro atoms. The lowest BCUT2D eigenvalue weighted by atomic mass is 10.3. The number of aryl methyl sites for hydroxylation is 2. The van der Waals surface area contributed by atoms with Crippen molar-refractivity contribution in [2.75, 3.05) is 0 Å². The first-order valence-electron chi connectivity index (χ1n) is 5.51. The summed E-state index contributed by atoms with van der Waals surface area (Å²) in [6.07, 6.45) is 4.37. The van der Waals surface area contributed by atoms with Crippen LogP contribution in [0.3, 0.4) is 0 Å². The topological polar surface area (TPSA) is 12.9 Å². The van der Waals surface area contributed by atoms with Gasteiger partial charge in [-0.3, -0.25) is 4.98 Å². The molecule has 1 rings (SSSR count). The number of pyridine rings is 1. The van der Waals surface area contributed by atoms with E-state index in [4.69, 9.17) is 0 Å². The third-order valence-corrected chi connectivity index (χ3v) is 1.06. The SMILES string of the molecule is CCC.CCC.Cc1ccc(C)nc1. The summed E-state index contributed by atoms with van der Waals surface area (Å²) in [6, 6.07) is 4.07. The molecular formula is C13H25N. The Kier molecular flexibility index (Phi) is 13.6. The van der Waals surface area contributed by atoms with E-state index in [1.165, 1.54) is 18.4 Å². The van der Waals surface area contributed by atoms with E-state index in [2.05, 4.69) is 38.7 Å². The monoisotopic (exact) mass is 195 g/mol. The highest BCUT2D eigenvalue weighted by atomic mass is 14.6. The largest absolute Gasteiger partial charge is 0.261 e. The maximum absolute atomic E-state index is 4.08. The van der Waals surface area contributed by atoms with Gasteiger partial charge >= 0.3 is 0 Å². The van der Waals surface area contributed by atoms with Crippen LogP contribution >= 0.6 is 0 Å². The van der Waals surface area contributed by atoms with E-state index in [9.17, 15) is 0 Å². The van der Waals surface area contributed by atoms with Crippen molar-refractivity contribution in [3.63, 3.8) is 0 Å². The van der Waals surface area contributed by atoms with Crippen LogP contribution in [0.4, 0.5) is 0 Å². The molecule has 0 aliphatic carbocycles. The van der Waals surface area contributed by atoms with E-state index < -0.39 is 0 Å². The Bertz CT molecular complexity index is 166. The van der Waals surface area contributed by atoms with Crippen molar-refractivity contribution in [3.8, 4) is 0 Å². The Morgan fingerprint density at radius 3 is 1.57 bits per heavy atom. The summed E-state index contributed by atoms with van der Waals surface area (Å²) >= 11 is 0. The lowest BCUT2D eigenvalue weighted by Gasteiger charge is -1.89. The molecule has 14 heavy (non-hydrogen) atoms. The number of nitrogens with zero attached hydrogens (tertiary/aromatic N) is 1. The second kappa shape index (κ2) is 12.2. The van der Waals surface area contributed by atoms with E-state index in [0.717, 1.165) is 5.69 Å². The zero-order chi connectivity index (χ0) is 11.4. The molecule has 0 radical (unpaired) electrons. The number of hydrogen-bond donors (Lipinski definition) is 0. The average Bonchev–Trinajstić information content (AvgIpc) is 2.13. The van der Waals surface area contributed by atoms with Crippen LogP contribution in [0.25, 0.3) is 0 Å². The Morgan fingerprint density at radius 2 is 1.36 bits per heavy atom. The van der Waals surface area contributed by atoms with Gasteiger partial charge in [0.2, 0.25) is 0 Å². The molecule has 0 saturated heterocycles. The molecule has 1 aromatic heterocycles. The molecule has 0 aliphatic rings. The molecular weight excluding hydrogens is 170 g/mol. The normalized spacial score (nSPS) is 7.86. The van der Waals surface area contributed by atoms with Gasteiger partial charge in [-0.05, 0) is 25.5 Å². The number of aromatic nitrogens is 1. The number of hydrogen-bond acceptors (Lipinski definition) is 1. The van der Waals surface area contributed by atoms with Crippen molar-refractivity contribution in [2.45, 2.75) is 54.4 Å². The molecule has 1 heteroatoms. The second-order valence-electron chi connectivity index (χ2n) is 3.39. The quantitative estimate of drug-likeness (QED) is 0.592. The van der Waals surface area contributed by atoms with Gasteiger partial charge in [0, 0.05) is 11.9 Å². The van der Waals surface area contributed by atoms with E-state index in [1.807, 2.05) is 26.1 Å². The Hall–Kier alpha value is -0.850. The predicted octanol–water partition coefficient (Wildman–Crippen LogP) is 4.53. The second-order valence-corrected chi connectivity index (χ2v) is 3.39. The van der Waals surface area contributed by atoms with Crippen LogP contribution < -0.4 is 0 Å². The third-order valence-electron chi connectivity index (χ3n) is 1.06. The van der Waals surface area contributed by atoms with Crippen molar-refractivity contribution >= 4 is 0 Å². The van der Waals surface area contributed by atoms with Gasteiger partial charge in [0.1, 0.15) is 0 Å². The van der Waals surface area contributed by atoms with Crippen LogP contribution in [0.15, 0.2) is 18.3 Å². The smallest absolute Gasteiger partial charge is 0.0372 e. The number of rotatable bonds is 0. The van der Waals surface area contributed by atoms with Gasteiger partial charge in [-0.1, -0.05) is 46.6 Å². The van der Waals surface area contributed by atoms with Crippen molar-refractivity contribution in [3.05, 3.63) is 29.6 Å². The van der Waals surface area contributed by atoms with Gasteiger partial charge in [-0.2, -0.15) is 0 Å². The minimum Gasteiger partial charge on any atom is -0.261 e. The van der Waals surface area contributed by atoms with Crippen molar-refractivity contribution in [2.24, 2.45) is 0 Å². The fourth-order valence-corrected chi connectivity index (χ4v) is 0.542. The zero-order valence-electron chi connectivity index (χ0n) is 10.6. The summed E-state index contributed by atoms with van der Waals surface area (Å²) in [7, 11) is 0. The summed E-state index contributed by atoms with van der Waals surface area (Å²) in [6.45, 7) is 12.5. The molecule has 0 amide bonds. The van der Waals surface area contributed by atoms with Crippen molar-refractivity contribution in [1.29, 1.82) is 0 Å². The summed E-state index contributed by atoms with van der Waals surface area (Å²) in [5.74, 6) is 0. The zero-order valence-corrected chi connectivity index (χ0v) is 10.6. The van der Waals surface area contributed by atoms with Gasteiger partial charge < -0.3 is 0 Å². The molecule has 0 bridgehead atoms. The van der Waals surface area contributed by atoms with Gasteiger partial charge in [-0.25, -0.2) is 0 Å². The third kappa shape index (κ3) is 13.7. The Morgan fingerprint density at radius 1 is 0.929 bits per heavy atom. The molecule has 0 unspecified atom stereocenters. The molecule has 0 aromatic carbocycles. The van der Waals surface area contributed by atoms with Gasteiger partial charge in [0.15, 0.2) is 0 Å². The first kappa shape index (κ1) is 15.6. The van der Waals surface area contributed by atoms with E-state index in [1.54, 1.807) is 0 Å². The van der Waals surface area contributed by atoms with Crippen LogP contribution in [-0.2, 0) is 0 Å². The van der Waals surface area contributed by atoms with Gasteiger partial charge in [0.05, 0.1) is 0 Å². The van der Waals surface area contributed by atoms with Crippen molar-refractivity contribution < 1.29 is 0 Å². The Balaban J connectivity index is 0. The average molecular weight is 195 g/mol. The standard InChI is InChI=1S/C7H9N.2C3H8/c1-6-3-4-7(2)8-5-6;2*1-3-2/h3-5H,1-2H3;2*3H2,1-2H3. The van der Waals surface area contributed by atoms with Crippen molar-refractivity contribution in [1.82, 2.24) is 4.98 Å². The highest BCUT2D eigenvalue weighted by Gasteiger charge is 1.81. The van der Waals surface area contributed by atoms with Crippen LogP contribution in [0.5, 0.6) is 0 Å². The summed E-state index contributed by atoms with van der Waals surface area (Å²) in [5.41, 5.74) is 2.30. The Labute approximate surface area is 89.6 Å². The molecule has 1 nitrogen and oxygen atoms in total. The summed E-state index contributed by atoms with van der Waals surface area (Å²) < 4.78 is 0. The van der Waals surface area contributed by atoms with Crippen LogP contribution in [-0.4, -0.2) is 4.98 Å². The summed E-state index contributed by atoms with van der Waals surface area (Å²) in [5, 5.41) is 0. The lowest BCUT2D eigenvalue weighted by molar-refractivity contribution is 1.09. The molecule has 1 aromatic rings. The lowest BCUT2D eigenvalue weighted by Crippen LogP contribution is -1.78. The van der Waals surface area contributed by atoms with Gasteiger partial charge in [-0.15, -0.1) is 0 Å². The van der Waals surface area contributed by atoms with Gasteiger partial charge in [0.25, 0.3) is 0 Å². The fourth-order valence-electron chi connectivity index (χ4n) is 0.542. The van der Waals surface area contributed by atoms with E-state index in [-0.39, 0.29) is 0 Å². The maximum Gasteiger partial charge on any atom is 0.0372 e. The van der Waals surface area contributed by atoms with Crippen LogP contribution in [0, 0.1) is 13.8 Å². The maximum atomic E-state index is 4.08. The first-order valence-corrected chi connectivity index (χ1v) is 5.51. The minimum atomic E-state index is 1.08. The molecule has 82 valence electrons. The molecule has 1 heterocycles. The predicted molar refractivity (Wildman–Crippen MR) is 65.6 cm³/mol. The fraction of sp³-hybridized carbons (Fsp3) is 0.615. The highest BCUT2D eigenvalue weighted by molar-refractivity contribution is 5.10. The summed E-state index contributed by atoms with van der Waals surface area (Å²) in [4.78, 5) is 4.08. The van der Waals surface area contributed by atoms with Crippen LogP contribution in [0.2, 0.25) is 0 Å². The molecule has 0 aliphatic heterocycles. The first-order chi connectivity index (χ1) is 6.62. The molecule has 0 N–H and O–H groups in total.